The molecule has 0 atom stereocenters. The zero-order chi connectivity index (χ0) is 9.30. The molecule has 1 aromatic carbocycles. The van der Waals surface area contributed by atoms with Crippen molar-refractivity contribution in [2.24, 2.45) is 0 Å². The minimum atomic E-state index is 0.0241. The lowest BCUT2D eigenvalue weighted by Gasteiger charge is -2.03. The molecule has 0 amide bonds. The van der Waals surface area contributed by atoms with Crippen molar-refractivity contribution in [3.8, 4) is 5.75 Å². The Kier molecular flexibility index (Phi) is 2.72. The van der Waals surface area contributed by atoms with Crippen molar-refractivity contribution in [3.63, 3.8) is 0 Å². The summed E-state index contributed by atoms with van der Waals surface area (Å²) < 4.78 is 0.720. The lowest BCUT2D eigenvalue weighted by molar-refractivity contribution is 0.101. The third-order valence-electron chi connectivity index (χ3n) is 1.66. The van der Waals surface area contributed by atoms with Crippen LogP contribution in [0.5, 0.6) is 5.75 Å². The summed E-state index contributed by atoms with van der Waals surface area (Å²) in [6.45, 7) is 3.30. The highest BCUT2D eigenvalue weighted by atomic mass is 127. The maximum absolute atomic E-state index is 11.0. The summed E-state index contributed by atoms with van der Waals surface area (Å²) in [6, 6.07) is 3.38. The van der Waals surface area contributed by atoms with Gasteiger partial charge < -0.3 is 5.11 Å². The lowest BCUT2D eigenvalue weighted by atomic mass is 10.1. The largest absolute Gasteiger partial charge is 0.507 e. The zero-order valence-corrected chi connectivity index (χ0v) is 9.05. The summed E-state index contributed by atoms with van der Waals surface area (Å²) in [4.78, 5) is 11.0. The predicted octanol–water partition coefficient (Wildman–Crippen LogP) is 2.51. The highest BCUT2D eigenvalue weighted by molar-refractivity contribution is 14.1. The van der Waals surface area contributed by atoms with Gasteiger partial charge in [0.25, 0.3) is 0 Å². The molecule has 0 aromatic heterocycles. The van der Waals surface area contributed by atoms with Crippen LogP contribution in [0.3, 0.4) is 0 Å². The third kappa shape index (κ3) is 1.77. The van der Waals surface area contributed by atoms with E-state index in [9.17, 15) is 9.90 Å². The average molecular weight is 276 g/mol. The van der Waals surface area contributed by atoms with Gasteiger partial charge >= 0.3 is 0 Å². The van der Waals surface area contributed by atoms with Gasteiger partial charge in [-0.1, -0.05) is 0 Å². The summed E-state index contributed by atoms with van der Waals surface area (Å²) in [5, 5.41) is 9.39. The first-order chi connectivity index (χ1) is 5.52. The Labute approximate surface area is 84.7 Å². The number of carbonyl (C=O) groups excluding carboxylic acids is 1. The number of hydrogen-bond acceptors (Lipinski definition) is 2. The lowest BCUT2D eigenvalue weighted by Crippen LogP contribution is -1.94. The van der Waals surface area contributed by atoms with Crippen LogP contribution in [-0.2, 0) is 0 Å². The molecule has 0 spiro atoms. The normalized spacial score (nSPS) is 9.92. The molecule has 0 fully saturated rings. The molecule has 0 bridgehead atoms. The second kappa shape index (κ2) is 3.43. The highest BCUT2D eigenvalue weighted by Crippen LogP contribution is 2.25. The number of aromatic hydroxyl groups is 1. The minimum Gasteiger partial charge on any atom is -0.507 e. The first-order valence-electron chi connectivity index (χ1n) is 3.52. The van der Waals surface area contributed by atoms with Gasteiger partial charge in [-0.15, -0.1) is 0 Å². The first kappa shape index (κ1) is 9.51. The molecule has 0 aliphatic rings. The Morgan fingerprint density at radius 3 is 2.50 bits per heavy atom. The summed E-state index contributed by atoms with van der Waals surface area (Å²) in [6.07, 6.45) is 0. The molecule has 2 nitrogen and oxygen atoms in total. The van der Waals surface area contributed by atoms with Gasteiger partial charge in [-0.3, -0.25) is 4.79 Å². The van der Waals surface area contributed by atoms with Crippen molar-refractivity contribution in [2.45, 2.75) is 13.8 Å². The zero-order valence-electron chi connectivity index (χ0n) is 6.89. The molecular formula is C9H9IO2. The number of hydrogen-bond donors (Lipinski definition) is 1. The van der Waals surface area contributed by atoms with E-state index in [1.807, 2.05) is 22.6 Å². The van der Waals surface area contributed by atoms with Gasteiger partial charge in [-0.2, -0.15) is 0 Å². The minimum absolute atomic E-state index is 0.0241. The van der Waals surface area contributed by atoms with Crippen LogP contribution >= 0.6 is 22.6 Å². The molecule has 0 radical (unpaired) electrons. The second-order valence-corrected chi connectivity index (χ2v) is 3.84. The average Bonchev–Trinajstić information content (AvgIpc) is 1.99. The standard InChI is InChI=1S/C9H9IO2/c1-5-3-7(6(2)11)4-8(10)9(5)12/h3-4,12H,1-2H3. The molecule has 0 unspecified atom stereocenters. The number of halogens is 1. The molecule has 0 heterocycles. The van der Waals surface area contributed by atoms with Crippen LogP contribution in [0.1, 0.15) is 22.8 Å². The van der Waals surface area contributed by atoms with Gasteiger partial charge in [-0.25, -0.2) is 0 Å². The van der Waals surface area contributed by atoms with Crippen LogP contribution in [0.4, 0.5) is 0 Å². The SMILES string of the molecule is CC(=O)c1cc(C)c(O)c(I)c1. The summed E-state index contributed by atoms with van der Waals surface area (Å²) in [7, 11) is 0. The number of ketones is 1. The maximum Gasteiger partial charge on any atom is 0.159 e. The highest BCUT2D eigenvalue weighted by Gasteiger charge is 2.06. The van der Waals surface area contributed by atoms with E-state index in [0.29, 0.717) is 5.56 Å². The van der Waals surface area contributed by atoms with Gasteiger partial charge in [0.1, 0.15) is 5.75 Å². The molecule has 1 aromatic rings. The topological polar surface area (TPSA) is 37.3 Å². The smallest absolute Gasteiger partial charge is 0.159 e. The number of rotatable bonds is 1. The second-order valence-electron chi connectivity index (χ2n) is 2.68. The number of carbonyl (C=O) groups is 1. The molecule has 0 saturated heterocycles. The molecule has 1 rings (SSSR count). The number of benzene rings is 1. The number of aryl methyl sites for hydroxylation is 1. The van der Waals surface area contributed by atoms with Crippen LogP contribution in [-0.4, -0.2) is 10.9 Å². The Hall–Kier alpha value is -0.580. The Morgan fingerprint density at radius 1 is 1.50 bits per heavy atom. The predicted molar refractivity (Wildman–Crippen MR) is 55.6 cm³/mol. The molecule has 3 heteroatoms. The fraction of sp³-hybridized carbons (Fsp3) is 0.222. The molecular weight excluding hydrogens is 267 g/mol. The quantitative estimate of drug-likeness (QED) is 0.632. The van der Waals surface area contributed by atoms with Gasteiger partial charge in [0.2, 0.25) is 0 Å². The molecule has 12 heavy (non-hydrogen) atoms. The van der Waals surface area contributed by atoms with Crippen LogP contribution in [0.25, 0.3) is 0 Å². The fourth-order valence-electron chi connectivity index (χ4n) is 0.940. The van der Waals surface area contributed by atoms with Gasteiger partial charge in [0.05, 0.1) is 3.57 Å². The summed E-state index contributed by atoms with van der Waals surface area (Å²) in [5.41, 5.74) is 1.39. The number of phenols is 1. The van der Waals surface area contributed by atoms with Crippen molar-refractivity contribution in [3.05, 3.63) is 26.8 Å². The van der Waals surface area contributed by atoms with Crippen LogP contribution in [0, 0.1) is 10.5 Å². The van der Waals surface area contributed by atoms with E-state index in [4.69, 9.17) is 0 Å². The molecule has 64 valence electrons. The van der Waals surface area contributed by atoms with Crippen molar-refractivity contribution in [2.75, 3.05) is 0 Å². The Balaban J connectivity index is 3.31. The molecule has 0 aliphatic carbocycles. The summed E-state index contributed by atoms with van der Waals surface area (Å²) >= 11 is 2.01. The van der Waals surface area contributed by atoms with Crippen molar-refractivity contribution < 1.29 is 9.90 Å². The van der Waals surface area contributed by atoms with Crippen LogP contribution < -0.4 is 0 Å². The number of phenolic OH excluding ortho intramolecular Hbond substituents is 1. The van der Waals surface area contributed by atoms with Gasteiger partial charge in [-0.05, 0) is 54.1 Å². The number of Topliss-reactive ketones (excluding diaryl/α,β-unsaturated/α-hetero) is 1. The molecule has 1 N–H and O–H groups in total. The Bertz CT molecular complexity index is 308. The van der Waals surface area contributed by atoms with E-state index >= 15 is 0 Å². The maximum atomic E-state index is 11.0. The first-order valence-corrected chi connectivity index (χ1v) is 4.60. The Morgan fingerprint density at radius 2 is 2.08 bits per heavy atom. The van der Waals surface area contributed by atoms with E-state index < -0.39 is 0 Å². The van der Waals surface area contributed by atoms with Crippen molar-refractivity contribution in [1.29, 1.82) is 0 Å². The molecule has 0 aliphatic heterocycles. The third-order valence-corrected chi connectivity index (χ3v) is 2.48. The fourth-order valence-corrected chi connectivity index (χ4v) is 1.70. The van der Waals surface area contributed by atoms with Crippen LogP contribution in [0.15, 0.2) is 12.1 Å². The van der Waals surface area contributed by atoms with E-state index in [1.54, 1.807) is 19.1 Å². The van der Waals surface area contributed by atoms with Crippen molar-refractivity contribution in [1.82, 2.24) is 0 Å². The molecule has 0 saturated carbocycles. The van der Waals surface area contributed by atoms with Gasteiger partial charge in [0.15, 0.2) is 5.78 Å². The van der Waals surface area contributed by atoms with E-state index in [0.717, 1.165) is 9.13 Å². The van der Waals surface area contributed by atoms with Gasteiger partial charge in [0, 0.05) is 5.56 Å². The van der Waals surface area contributed by atoms with E-state index in [1.165, 1.54) is 6.92 Å². The summed E-state index contributed by atoms with van der Waals surface area (Å²) in [5.74, 6) is 0.289. The van der Waals surface area contributed by atoms with Crippen LogP contribution in [0.2, 0.25) is 0 Å². The van der Waals surface area contributed by atoms with E-state index in [-0.39, 0.29) is 11.5 Å². The van der Waals surface area contributed by atoms with Crippen molar-refractivity contribution >= 4 is 28.4 Å². The monoisotopic (exact) mass is 276 g/mol. The van der Waals surface area contributed by atoms with E-state index in [2.05, 4.69) is 0 Å².